The van der Waals surface area contributed by atoms with Gasteiger partial charge in [0.2, 0.25) is 0 Å². The van der Waals surface area contributed by atoms with Gasteiger partial charge >= 0.3 is 6.03 Å². The van der Waals surface area contributed by atoms with Crippen molar-refractivity contribution in [3.8, 4) is 0 Å². The molecule has 3 aromatic carbocycles. The predicted octanol–water partition coefficient (Wildman–Crippen LogP) is 5.80. The van der Waals surface area contributed by atoms with E-state index < -0.39 is 0 Å². The maximum atomic E-state index is 12.8. The van der Waals surface area contributed by atoms with Gasteiger partial charge in [-0.05, 0) is 80.3 Å². The number of benzene rings is 3. The highest BCUT2D eigenvalue weighted by molar-refractivity contribution is 6.06. The summed E-state index contributed by atoms with van der Waals surface area (Å²) < 4.78 is 0. The average molecular weight is 429 g/mol. The number of nitrogens with one attached hydrogen (secondary N) is 3. The Kier molecular flexibility index (Phi) is 6.40. The molecule has 6 nitrogen and oxygen atoms in total. The molecule has 32 heavy (non-hydrogen) atoms. The minimum Gasteiger partial charge on any atom is -0.370 e. The summed E-state index contributed by atoms with van der Waals surface area (Å²) in [5.74, 6) is -0.190. The summed E-state index contributed by atoms with van der Waals surface area (Å²) in [6.45, 7) is 5.90. The van der Waals surface area contributed by atoms with Gasteiger partial charge in [0, 0.05) is 30.0 Å². The Bertz CT molecular complexity index is 1100. The molecule has 1 aliphatic rings. The maximum absolute atomic E-state index is 12.8. The molecule has 1 saturated heterocycles. The maximum Gasteiger partial charge on any atom is 0.323 e. The van der Waals surface area contributed by atoms with Crippen molar-refractivity contribution in [3.63, 3.8) is 0 Å². The van der Waals surface area contributed by atoms with Crippen LogP contribution in [0.25, 0.3) is 0 Å². The van der Waals surface area contributed by atoms with Crippen LogP contribution in [0.4, 0.5) is 27.5 Å². The lowest BCUT2D eigenvalue weighted by Crippen LogP contribution is -2.24. The van der Waals surface area contributed by atoms with E-state index in [1.54, 1.807) is 12.1 Å². The first kappa shape index (κ1) is 21.4. The van der Waals surface area contributed by atoms with E-state index in [9.17, 15) is 9.59 Å². The van der Waals surface area contributed by atoms with Gasteiger partial charge in [-0.25, -0.2) is 4.79 Å². The number of rotatable bonds is 5. The molecule has 0 saturated carbocycles. The molecule has 164 valence electrons. The third-order valence-electron chi connectivity index (χ3n) is 5.46. The first-order chi connectivity index (χ1) is 15.5. The minimum atomic E-state index is -0.318. The van der Waals surface area contributed by atoms with Crippen LogP contribution in [-0.4, -0.2) is 25.0 Å². The number of hydrogen-bond donors (Lipinski definition) is 3. The molecule has 1 fully saturated rings. The lowest BCUT2D eigenvalue weighted by atomic mass is 10.1. The van der Waals surface area contributed by atoms with Crippen molar-refractivity contribution in [2.24, 2.45) is 0 Å². The molecule has 3 aromatic rings. The van der Waals surface area contributed by atoms with E-state index in [1.165, 1.54) is 0 Å². The Morgan fingerprint density at radius 3 is 2.12 bits per heavy atom. The Hall–Kier alpha value is -3.80. The molecule has 0 bridgehead atoms. The monoisotopic (exact) mass is 428 g/mol. The van der Waals surface area contributed by atoms with Crippen LogP contribution in [0.2, 0.25) is 0 Å². The smallest absolute Gasteiger partial charge is 0.323 e. The van der Waals surface area contributed by atoms with Crippen molar-refractivity contribution in [2.45, 2.75) is 26.7 Å². The molecule has 1 aliphatic heterocycles. The Morgan fingerprint density at radius 2 is 1.44 bits per heavy atom. The summed E-state index contributed by atoms with van der Waals surface area (Å²) in [5.41, 5.74) is 5.75. The molecule has 0 aliphatic carbocycles. The van der Waals surface area contributed by atoms with Gasteiger partial charge < -0.3 is 20.9 Å². The van der Waals surface area contributed by atoms with Crippen molar-refractivity contribution >= 4 is 34.7 Å². The first-order valence-corrected chi connectivity index (χ1v) is 10.9. The highest BCUT2D eigenvalue weighted by Gasteiger charge is 2.18. The summed E-state index contributed by atoms with van der Waals surface area (Å²) in [4.78, 5) is 27.6. The number of carbonyl (C=O) groups is 2. The molecule has 3 amide bonds. The van der Waals surface area contributed by atoms with E-state index in [2.05, 4.69) is 26.9 Å². The van der Waals surface area contributed by atoms with Crippen LogP contribution in [0.1, 0.15) is 34.3 Å². The third-order valence-corrected chi connectivity index (χ3v) is 5.46. The summed E-state index contributed by atoms with van der Waals surface area (Å²) in [7, 11) is 0. The Balaban J connectivity index is 1.55. The van der Waals surface area contributed by atoms with Gasteiger partial charge in [-0.1, -0.05) is 24.3 Å². The normalized spacial score (nSPS) is 13.0. The fourth-order valence-electron chi connectivity index (χ4n) is 4.07. The highest BCUT2D eigenvalue weighted by atomic mass is 16.2. The van der Waals surface area contributed by atoms with E-state index in [0.717, 1.165) is 48.4 Å². The van der Waals surface area contributed by atoms with E-state index >= 15 is 0 Å². The minimum absolute atomic E-state index is 0.190. The van der Waals surface area contributed by atoms with Crippen molar-refractivity contribution in [2.75, 3.05) is 33.9 Å². The first-order valence-electron chi connectivity index (χ1n) is 10.9. The van der Waals surface area contributed by atoms with Crippen molar-refractivity contribution in [3.05, 3.63) is 83.4 Å². The molecular formula is C26H28N4O2. The van der Waals surface area contributed by atoms with Gasteiger partial charge in [0.25, 0.3) is 5.91 Å². The summed E-state index contributed by atoms with van der Waals surface area (Å²) >= 11 is 0. The second kappa shape index (κ2) is 9.56. The zero-order valence-electron chi connectivity index (χ0n) is 18.4. The van der Waals surface area contributed by atoms with Gasteiger partial charge in [-0.15, -0.1) is 0 Å². The van der Waals surface area contributed by atoms with Gasteiger partial charge in [-0.3, -0.25) is 4.79 Å². The lowest BCUT2D eigenvalue weighted by molar-refractivity contribution is 0.102. The van der Waals surface area contributed by atoms with Gasteiger partial charge in [0.15, 0.2) is 0 Å². The van der Waals surface area contributed by atoms with Crippen LogP contribution in [-0.2, 0) is 0 Å². The van der Waals surface area contributed by atoms with Crippen LogP contribution in [0.3, 0.4) is 0 Å². The quantitative estimate of drug-likeness (QED) is 0.481. The fourth-order valence-corrected chi connectivity index (χ4v) is 4.07. The second-order valence-corrected chi connectivity index (χ2v) is 8.20. The Labute approximate surface area is 188 Å². The number of carbonyl (C=O) groups excluding carboxylic acids is 2. The van der Waals surface area contributed by atoms with Crippen molar-refractivity contribution in [1.29, 1.82) is 0 Å². The lowest BCUT2D eigenvalue weighted by Gasteiger charge is -2.22. The van der Waals surface area contributed by atoms with Crippen molar-refractivity contribution < 1.29 is 9.59 Å². The molecular weight excluding hydrogens is 400 g/mol. The zero-order valence-corrected chi connectivity index (χ0v) is 18.4. The summed E-state index contributed by atoms with van der Waals surface area (Å²) in [6.07, 6.45) is 2.25. The van der Waals surface area contributed by atoms with Gasteiger partial charge in [-0.2, -0.15) is 0 Å². The molecule has 1 heterocycles. The SMILES string of the molecule is Cc1cc(C)cc(NC(=O)Nc2cc(NC(=O)c3ccccc3)ccc2N2CCCC2)c1. The largest absolute Gasteiger partial charge is 0.370 e. The van der Waals surface area contributed by atoms with Crippen LogP contribution in [0.5, 0.6) is 0 Å². The molecule has 0 radical (unpaired) electrons. The topological polar surface area (TPSA) is 73.5 Å². The second-order valence-electron chi connectivity index (χ2n) is 8.20. The summed E-state index contributed by atoms with van der Waals surface area (Å²) in [6, 6.07) is 20.3. The van der Waals surface area contributed by atoms with E-state index in [1.807, 2.05) is 62.4 Å². The van der Waals surface area contributed by atoms with Crippen molar-refractivity contribution in [1.82, 2.24) is 0 Å². The number of aryl methyl sites for hydroxylation is 2. The fraction of sp³-hybridized carbons (Fsp3) is 0.231. The number of hydrogen-bond acceptors (Lipinski definition) is 3. The van der Waals surface area contributed by atoms with Gasteiger partial charge in [0.05, 0.1) is 11.4 Å². The van der Waals surface area contributed by atoms with E-state index in [-0.39, 0.29) is 11.9 Å². The van der Waals surface area contributed by atoms with Crippen LogP contribution in [0, 0.1) is 13.8 Å². The van der Waals surface area contributed by atoms with E-state index in [4.69, 9.17) is 0 Å². The molecule has 0 aromatic heterocycles. The number of anilines is 4. The summed E-state index contributed by atoms with van der Waals surface area (Å²) in [5, 5.41) is 8.83. The zero-order chi connectivity index (χ0) is 22.5. The van der Waals surface area contributed by atoms with Gasteiger partial charge in [0.1, 0.15) is 0 Å². The van der Waals surface area contributed by atoms with E-state index in [0.29, 0.717) is 16.9 Å². The highest BCUT2D eigenvalue weighted by Crippen LogP contribution is 2.32. The standard InChI is InChI=1S/C26H28N4O2/c1-18-14-19(2)16-22(15-18)28-26(32)29-23-17-21(10-11-24(23)30-12-6-7-13-30)27-25(31)20-8-4-3-5-9-20/h3-5,8-11,14-17H,6-7,12-13H2,1-2H3,(H,27,31)(H2,28,29,32). The predicted molar refractivity (Wildman–Crippen MR) is 131 cm³/mol. The third kappa shape index (κ3) is 5.27. The molecule has 4 rings (SSSR count). The molecule has 0 spiro atoms. The number of amides is 3. The molecule has 6 heteroatoms. The Morgan fingerprint density at radius 1 is 0.750 bits per heavy atom. The molecule has 0 atom stereocenters. The van der Waals surface area contributed by atoms with Crippen LogP contribution in [0.15, 0.2) is 66.7 Å². The van der Waals surface area contributed by atoms with Crippen LogP contribution < -0.4 is 20.9 Å². The number of urea groups is 1. The number of nitrogens with zero attached hydrogens (tertiary/aromatic N) is 1. The molecule has 3 N–H and O–H groups in total. The average Bonchev–Trinajstić information content (AvgIpc) is 3.28. The molecule has 0 unspecified atom stereocenters. The van der Waals surface area contributed by atoms with Crippen LogP contribution >= 0.6 is 0 Å².